The summed E-state index contributed by atoms with van der Waals surface area (Å²) in [5, 5.41) is 0.982. The van der Waals surface area contributed by atoms with Gasteiger partial charge in [-0.15, -0.1) is 0 Å². The van der Waals surface area contributed by atoms with Crippen LogP contribution in [0.4, 0.5) is 0 Å². The first kappa shape index (κ1) is 15.3. The number of ether oxygens (including phenoxy) is 1. The Hall–Kier alpha value is -0.770. The fraction of sp³-hybridized carbons (Fsp3) is 0.462. The highest BCUT2D eigenvalue weighted by Crippen LogP contribution is 2.33. The van der Waals surface area contributed by atoms with Crippen LogP contribution in [0.2, 0.25) is 10.0 Å². The molecule has 0 bridgehead atoms. The maximum Gasteiger partial charge on any atom is 0.316 e. The molecule has 0 amide bonds. The van der Waals surface area contributed by atoms with Gasteiger partial charge < -0.3 is 10.5 Å². The van der Waals surface area contributed by atoms with E-state index in [1.165, 1.54) is 0 Å². The highest BCUT2D eigenvalue weighted by atomic mass is 35.5. The maximum atomic E-state index is 12.1. The van der Waals surface area contributed by atoms with Crippen LogP contribution in [0, 0.1) is 0 Å². The van der Waals surface area contributed by atoms with E-state index >= 15 is 0 Å². The number of halogens is 2. The normalized spacial score (nSPS) is 14.1. The Labute approximate surface area is 117 Å². The highest BCUT2D eigenvalue weighted by Gasteiger charge is 2.36. The van der Waals surface area contributed by atoms with Crippen LogP contribution in [0.1, 0.15) is 25.8 Å². The number of esters is 1. The van der Waals surface area contributed by atoms with Gasteiger partial charge in [-0.05, 0) is 50.6 Å². The second-order valence-corrected chi connectivity index (χ2v) is 5.12. The van der Waals surface area contributed by atoms with E-state index in [2.05, 4.69) is 0 Å². The van der Waals surface area contributed by atoms with Gasteiger partial charge in [0.1, 0.15) is 0 Å². The molecule has 0 heterocycles. The zero-order valence-electron chi connectivity index (χ0n) is 10.5. The van der Waals surface area contributed by atoms with Crippen LogP contribution in [0.25, 0.3) is 0 Å². The minimum Gasteiger partial charge on any atom is -0.465 e. The van der Waals surface area contributed by atoms with Crippen molar-refractivity contribution in [3.63, 3.8) is 0 Å². The molecule has 0 radical (unpaired) electrons. The minimum atomic E-state index is -0.820. The van der Waals surface area contributed by atoms with Crippen LogP contribution in [0.5, 0.6) is 0 Å². The summed E-state index contributed by atoms with van der Waals surface area (Å²) in [6.07, 6.45) is 0.475. The Bertz CT molecular complexity index is 417. The van der Waals surface area contributed by atoms with Gasteiger partial charge in [-0.25, -0.2) is 0 Å². The monoisotopic (exact) mass is 289 g/mol. The molecule has 2 N–H and O–H groups in total. The van der Waals surface area contributed by atoms with Crippen molar-refractivity contribution in [2.45, 2.75) is 25.7 Å². The molecule has 0 fully saturated rings. The molecule has 18 heavy (non-hydrogen) atoms. The van der Waals surface area contributed by atoms with Crippen LogP contribution in [0.3, 0.4) is 0 Å². The third-order valence-electron chi connectivity index (χ3n) is 2.87. The average Bonchev–Trinajstić information content (AvgIpc) is 2.28. The Morgan fingerprint density at radius 1 is 1.33 bits per heavy atom. The Morgan fingerprint density at radius 3 is 2.33 bits per heavy atom. The SMILES string of the molecule is CCOC(=O)C(C)(CCN)c1cc(Cl)cc(Cl)c1. The maximum absolute atomic E-state index is 12.1. The van der Waals surface area contributed by atoms with E-state index in [-0.39, 0.29) is 5.97 Å². The molecule has 1 aromatic carbocycles. The summed E-state index contributed by atoms with van der Waals surface area (Å²) in [6.45, 7) is 4.26. The van der Waals surface area contributed by atoms with Crippen molar-refractivity contribution < 1.29 is 9.53 Å². The second kappa shape index (κ2) is 6.41. The molecule has 3 nitrogen and oxygen atoms in total. The lowest BCUT2D eigenvalue weighted by Crippen LogP contribution is -2.36. The van der Waals surface area contributed by atoms with Crippen molar-refractivity contribution in [3.05, 3.63) is 33.8 Å². The van der Waals surface area contributed by atoms with Crippen LogP contribution in [-0.2, 0) is 14.9 Å². The van der Waals surface area contributed by atoms with Gasteiger partial charge in [-0.3, -0.25) is 4.79 Å². The van der Waals surface area contributed by atoms with Gasteiger partial charge in [0.2, 0.25) is 0 Å². The predicted molar refractivity (Wildman–Crippen MR) is 74.1 cm³/mol. The Balaban J connectivity index is 3.21. The molecule has 0 saturated heterocycles. The van der Waals surface area contributed by atoms with Crippen molar-refractivity contribution in [3.8, 4) is 0 Å². The number of carbonyl (C=O) groups excluding carboxylic acids is 1. The third kappa shape index (κ3) is 3.37. The van der Waals surface area contributed by atoms with E-state index in [0.29, 0.717) is 29.6 Å². The summed E-state index contributed by atoms with van der Waals surface area (Å²) in [4.78, 5) is 12.1. The van der Waals surface area contributed by atoms with Gasteiger partial charge in [-0.1, -0.05) is 23.2 Å². The van der Waals surface area contributed by atoms with Crippen LogP contribution < -0.4 is 5.73 Å². The molecular formula is C13H17Cl2NO2. The molecule has 0 aliphatic carbocycles. The van der Waals surface area contributed by atoms with Crippen molar-refractivity contribution in [1.82, 2.24) is 0 Å². The molecule has 0 spiro atoms. The first-order chi connectivity index (χ1) is 8.43. The van der Waals surface area contributed by atoms with Gasteiger partial charge in [0.25, 0.3) is 0 Å². The van der Waals surface area contributed by atoms with Crippen molar-refractivity contribution in [2.24, 2.45) is 5.73 Å². The van der Waals surface area contributed by atoms with Gasteiger partial charge in [0.05, 0.1) is 12.0 Å². The Kier molecular flexibility index (Phi) is 5.45. The van der Waals surface area contributed by atoms with Gasteiger partial charge in [0.15, 0.2) is 0 Å². The number of benzene rings is 1. The van der Waals surface area contributed by atoms with Crippen molar-refractivity contribution >= 4 is 29.2 Å². The highest BCUT2D eigenvalue weighted by molar-refractivity contribution is 6.34. The van der Waals surface area contributed by atoms with E-state index < -0.39 is 5.41 Å². The van der Waals surface area contributed by atoms with E-state index in [1.807, 2.05) is 0 Å². The Morgan fingerprint density at radius 2 is 1.89 bits per heavy atom. The number of nitrogens with two attached hydrogens (primary N) is 1. The van der Waals surface area contributed by atoms with Crippen LogP contribution in [0.15, 0.2) is 18.2 Å². The number of hydrogen-bond donors (Lipinski definition) is 1. The number of rotatable bonds is 5. The standard InChI is InChI=1S/C13H17Cl2NO2/c1-3-18-12(17)13(2,4-5-16)9-6-10(14)8-11(15)7-9/h6-8H,3-5,16H2,1-2H3. The fourth-order valence-corrected chi connectivity index (χ4v) is 2.34. The largest absolute Gasteiger partial charge is 0.465 e. The molecule has 100 valence electrons. The molecular weight excluding hydrogens is 273 g/mol. The quantitative estimate of drug-likeness (QED) is 0.847. The smallest absolute Gasteiger partial charge is 0.316 e. The molecule has 0 aliphatic heterocycles. The fourth-order valence-electron chi connectivity index (χ4n) is 1.82. The molecule has 5 heteroatoms. The number of hydrogen-bond acceptors (Lipinski definition) is 3. The lowest BCUT2D eigenvalue weighted by molar-refractivity contribution is -0.149. The zero-order chi connectivity index (χ0) is 13.8. The molecule has 0 saturated carbocycles. The first-order valence-corrected chi connectivity index (χ1v) is 6.53. The van der Waals surface area contributed by atoms with Crippen LogP contribution >= 0.6 is 23.2 Å². The minimum absolute atomic E-state index is 0.311. The molecule has 0 aromatic heterocycles. The van der Waals surface area contributed by atoms with E-state index in [9.17, 15) is 4.79 Å². The molecule has 1 unspecified atom stereocenters. The zero-order valence-corrected chi connectivity index (χ0v) is 12.0. The lowest BCUT2D eigenvalue weighted by Gasteiger charge is -2.27. The summed E-state index contributed by atoms with van der Waals surface area (Å²) in [6, 6.07) is 5.07. The third-order valence-corrected chi connectivity index (χ3v) is 3.31. The summed E-state index contributed by atoms with van der Waals surface area (Å²) >= 11 is 11.9. The lowest BCUT2D eigenvalue weighted by atomic mass is 9.79. The second-order valence-electron chi connectivity index (χ2n) is 4.25. The van der Waals surface area contributed by atoms with Gasteiger partial charge in [0, 0.05) is 10.0 Å². The summed E-state index contributed by atoms with van der Waals surface area (Å²) in [5.74, 6) is -0.311. The average molecular weight is 290 g/mol. The summed E-state index contributed by atoms with van der Waals surface area (Å²) in [5.41, 5.74) is 5.49. The molecule has 1 aromatic rings. The predicted octanol–water partition coefficient (Wildman–Crippen LogP) is 3.16. The first-order valence-electron chi connectivity index (χ1n) is 5.78. The van der Waals surface area contributed by atoms with Crippen molar-refractivity contribution in [2.75, 3.05) is 13.2 Å². The topological polar surface area (TPSA) is 52.3 Å². The van der Waals surface area contributed by atoms with Crippen LogP contribution in [-0.4, -0.2) is 19.1 Å². The molecule has 0 aliphatic rings. The van der Waals surface area contributed by atoms with E-state index in [0.717, 1.165) is 5.56 Å². The van der Waals surface area contributed by atoms with Gasteiger partial charge >= 0.3 is 5.97 Å². The van der Waals surface area contributed by atoms with E-state index in [4.69, 9.17) is 33.7 Å². The van der Waals surface area contributed by atoms with E-state index in [1.54, 1.807) is 32.0 Å². The van der Waals surface area contributed by atoms with Crippen molar-refractivity contribution in [1.29, 1.82) is 0 Å². The number of carbonyl (C=O) groups is 1. The summed E-state index contributed by atoms with van der Waals surface area (Å²) in [7, 11) is 0. The molecule has 1 rings (SSSR count). The van der Waals surface area contributed by atoms with Gasteiger partial charge in [-0.2, -0.15) is 0 Å². The summed E-state index contributed by atoms with van der Waals surface area (Å²) < 4.78 is 5.11. The molecule has 1 atom stereocenters.